The molecule has 13 heavy (non-hydrogen) atoms. The average molecular weight is 218 g/mol. The van der Waals surface area contributed by atoms with Crippen LogP contribution < -0.4 is 5.56 Å². The largest absolute Gasteiger partial charge is 0.327 e. The summed E-state index contributed by atoms with van der Waals surface area (Å²) < 4.78 is 0. The van der Waals surface area contributed by atoms with Gasteiger partial charge in [-0.3, -0.25) is 4.79 Å². The van der Waals surface area contributed by atoms with E-state index in [0.29, 0.717) is 5.88 Å². The fourth-order valence-electron chi connectivity index (χ4n) is 0.850. The van der Waals surface area contributed by atoms with Gasteiger partial charge in [-0.15, -0.1) is 11.6 Å². The maximum Gasteiger partial charge on any atom is 0.266 e. The van der Waals surface area contributed by atoms with Gasteiger partial charge < -0.3 is 4.98 Å². The number of pyridine rings is 1. The second kappa shape index (κ2) is 5.10. The molecular weight excluding hydrogens is 209 g/mol. The van der Waals surface area contributed by atoms with Gasteiger partial charge in [0.1, 0.15) is 5.02 Å². The van der Waals surface area contributed by atoms with Crippen LogP contribution in [0.5, 0.6) is 0 Å². The van der Waals surface area contributed by atoms with E-state index in [0.717, 1.165) is 12.0 Å². The van der Waals surface area contributed by atoms with Crippen LogP contribution in [0.1, 0.15) is 12.0 Å². The molecule has 0 saturated carbocycles. The average Bonchev–Trinajstić information content (AvgIpc) is 2.12. The molecule has 1 heterocycles. The number of aromatic nitrogens is 1. The van der Waals surface area contributed by atoms with Crippen molar-refractivity contribution in [1.29, 1.82) is 0 Å². The van der Waals surface area contributed by atoms with Crippen LogP contribution in [0, 0.1) is 0 Å². The summed E-state index contributed by atoms with van der Waals surface area (Å²) in [6.45, 7) is 0. The number of hydrogen-bond acceptors (Lipinski definition) is 1. The van der Waals surface area contributed by atoms with Crippen molar-refractivity contribution in [3.63, 3.8) is 0 Å². The normalized spacial score (nSPS) is 10.9. The number of hydrogen-bond donors (Lipinski definition) is 1. The molecule has 1 aromatic heterocycles. The molecule has 1 N–H and O–H groups in total. The van der Waals surface area contributed by atoms with E-state index in [1.165, 1.54) is 0 Å². The molecule has 0 amide bonds. The van der Waals surface area contributed by atoms with Gasteiger partial charge in [0.15, 0.2) is 0 Å². The molecule has 0 aliphatic carbocycles. The van der Waals surface area contributed by atoms with E-state index in [2.05, 4.69) is 4.98 Å². The Balaban J connectivity index is 2.79. The van der Waals surface area contributed by atoms with Gasteiger partial charge in [-0.1, -0.05) is 23.8 Å². The maximum atomic E-state index is 10.9. The van der Waals surface area contributed by atoms with Gasteiger partial charge in [-0.25, -0.2) is 0 Å². The van der Waals surface area contributed by atoms with Gasteiger partial charge in [0.2, 0.25) is 0 Å². The first-order valence-electron chi connectivity index (χ1n) is 3.85. The zero-order valence-corrected chi connectivity index (χ0v) is 8.40. The molecule has 0 aliphatic rings. The van der Waals surface area contributed by atoms with Crippen LogP contribution in [0.15, 0.2) is 23.1 Å². The molecule has 0 aromatic carbocycles. The molecule has 0 atom stereocenters. The Morgan fingerprint density at radius 2 is 2.31 bits per heavy atom. The molecule has 1 rings (SSSR count). The summed E-state index contributed by atoms with van der Waals surface area (Å²) in [5.74, 6) is 0.591. The van der Waals surface area contributed by atoms with Crippen LogP contribution in [-0.2, 0) is 0 Å². The first kappa shape index (κ1) is 10.4. The summed E-state index contributed by atoms with van der Waals surface area (Å²) in [5, 5.41) is 0.202. The van der Waals surface area contributed by atoms with E-state index in [1.54, 1.807) is 12.3 Å². The molecular formula is C9H9Cl2NO. The minimum atomic E-state index is -0.267. The van der Waals surface area contributed by atoms with Crippen LogP contribution in [0.25, 0.3) is 6.08 Å². The van der Waals surface area contributed by atoms with Crippen LogP contribution in [0.2, 0.25) is 5.02 Å². The number of rotatable bonds is 3. The molecule has 0 radical (unpaired) electrons. The summed E-state index contributed by atoms with van der Waals surface area (Å²) in [4.78, 5) is 13.4. The van der Waals surface area contributed by atoms with Gasteiger partial charge in [-0.2, -0.15) is 0 Å². The molecule has 1 aromatic rings. The smallest absolute Gasteiger partial charge is 0.266 e. The molecule has 0 unspecified atom stereocenters. The molecule has 70 valence electrons. The van der Waals surface area contributed by atoms with Crippen LogP contribution in [0.3, 0.4) is 0 Å². The second-order valence-corrected chi connectivity index (χ2v) is 3.28. The summed E-state index contributed by atoms with van der Waals surface area (Å²) in [7, 11) is 0. The lowest BCUT2D eigenvalue weighted by Crippen LogP contribution is -2.04. The highest BCUT2D eigenvalue weighted by atomic mass is 35.5. The third kappa shape index (κ3) is 3.25. The molecule has 2 nitrogen and oxygen atoms in total. The van der Waals surface area contributed by atoms with E-state index in [-0.39, 0.29) is 10.6 Å². The molecule has 0 saturated heterocycles. The lowest BCUT2D eigenvalue weighted by atomic mass is 10.2. The van der Waals surface area contributed by atoms with Crippen molar-refractivity contribution in [3.8, 4) is 0 Å². The Bertz CT molecular complexity index is 357. The van der Waals surface area contributed by atoms with Crippen molar-refractivity contribution in [3.05, 3.63) is 39.3 Å². The molecule has 4 heteroatoms. The van der Waals surface area contributed by atoms with Crippen molar-refractivity contribution in [2.75, 3.05) is 5.88 Å². The monoisotopic (exact) mass is 217 g/mol. The van der Waals surface area contributed by atoms with Crippen molar-refractivity contribution in [1.82, 2.24) is 4.98 Å². The lowest BCUT2D eigenvalue weighted by molar-refractivity contribution is 1.22. The molecule has 0 aliphatic heterocycles. The highest BCUT2D eigenvalue weighted by Gasteiger charge is 1.94. The second-order valence-electron chi connectivity index (χ2n) is 2.49. The standard InChI is InChI=1S/C9H9Cl2NO/c10-4-2-1-3-7-5-8(11)9(13)12-6-7/h1,3,5-6H,2,4H2,(H,12,13). The fourth-order valence-corrected chi connectivity index (χ4v) is 1.16. The van der Waals surface area contributed by atoms with E-state index in [1.807, 2.05) is 12.2 Å². The zero-order chi connectivity index (χ0) is 9.68. The van der Waals surface area contributed by atoms with Crippen LogP contribution in [-0.4, -0.2) is 10.9 Å². The molecule has 0 bridgehead atoms. The van der Waals surface area contributed by atoms with Crippen molar-refractivity contribution in [2.24, 2.45) is 0 Å². The minimum Gasteiger partial charge on any atom is -0.327 e. The number of nitrogens with one attached hydrogen (secondary N) is 1. The van der Waals surface area contributed by atoms with E-state index in [9.17, 15) is 4.79 Å². The molecule has 0 fully saturated rings. The van der Waals surface area contributed by atoms with E-state index >= 15 is 0 Å². The van der Waals surface area contributed by atoms with Crippen LogP contribution >= 0.6 is 23.2 Å². The topological polar surface area (TPSA) is 32.9 Å². The first-order valence-corrected chi connectivity index (χ1v) is 4.76. The predicted molar refractivity (Wildman–Crippen MR) is 56.4 cm³/mol. The summed E-state index contributed by atoms with van der Waals surface area (Å²) in [5.41, 5.74) is 0.603. The fraction of sp³-hybridized carbons (Fsp3) is 0.222. The Labute approximate surface area is 86.2 Å². The van der Waals surface area contributed by atoms with Crippen molar-refractivity contribution < 1.29 is 0 Å². The summed E-state index contributed by atoms with van der Waals surface area (Å²) in [6.07, 6.45) is 6.21. The Hall–Kier alpha value is -0.730. The SMILES string of the molecule is O=c1[nH]cc(C=CCCCl)cc1Cl. The van der Waals surface area contributed by atoms with E-state index in [4.69, 9.17) is 23.2 Å². The minimum absolute atomic E-state index is 0.202. The zero-order valence-electron chi connectivity index (χ0n) is 6.89. The first-order chi connectivity index (χ1) is 6.24. The van der Waals surface area contributed by atoms with Gasteiger partial charge in [-0.05, 0) is 18.1 Å². The van der Waals surface area contributed by atoms with Gasteiger partial charge in [0.25, 0.3) is 5.56 Å². The summed E-state index contributed by atoms with van der Waals surface area (Å²) >= 11 is 11.1. The van der Waals surface area contributed by atoms with Crippen molar-refractivity contribution >= 4 is 29.3 Å². The highest BCUT2D eigenvalue weighted by Crippen LogP contribution is 2.06. The molecule has 0 spiro atoms. The van der Waals surface area contributed by atoms with Gasteiger partial charge >= 0.3 is 0 Å². The Morgan fingerprint density at radius 1 is 1.54 bits per heavy atom. The number of aromatic amines is 1. The van der Waals surface area contributed by atoms with Gasteiger partial charge in [0, 0.05) is 12.1 Å². The quantitative estimate of drug-likeness (QED) is 0.777. The van der Waals surface area contributed by atoms with Crippen molar-refractivity contribution in [2.45, 2.75) is 6.42 Å². The predicted octanol–water partition coefficient (Wildman–Crippen LogP) is 2.67. The summed E-state index contributed by atoms with van der Waals surface area (Å²) in [6, 6.07) is 1.62. The van der Waals surface area contributed by atoms with E-state index < -0.39 is 0 Å². The highest BCUT2D eigenvalue weighted by molar-refractivity contribution is 6.30. The third-order valence-corrected chi connectivity index (χ3v) is 1.97. The Kier molecular flexibility index (Phi) is 4.06. The third-order valence-electron chi connectivity index (χ3n) is 1.47. The maximum absolute atomic E-state index is 10.9. The van der Waals surface area contributed by atoms with Gasteiger partial charge in [0.05, 0.1) is 0 Å². The lowest BCUT2D eigenvalue weighted by Gasteiger charge is -1.93. The van der Waals surface area contributed by atoms with Crippen LogP contribution in [0.4, 0.5) is 0 Å². The number of allylic oxidation sites excluding steroid dienone is 1. The number of halogens is 2. The number of H-pyrrole nitrogens is 1. The number of alkyl halides is 1. The Morgan fingerprint density at radius 3 is 2.92 bits per heavy atom.